The van der Waals surface area contributed by atoms with Crippen LogP contribution in [0.4, 0.5) is 4.39 Å². The average Bonchev–Trinajstić information content (AvgIpc) is 2.58. The summed E-state index contributed by atoms with van der Waals surface area (Å²) in [5.41, 5.74) is 4.24. The molecule has 0 saturated heterocycles. The summed E-state index contributed by atoms with van der Waals surface area (Å²) in [5.74, 6) is -1.85. The van der Waals surface area contributed by atoms with Crippen LogP contribution in [0.1, 0.15) is 53.4 Å². The van der Waals surface area contributed by atoms with Crippen LogP contribution in [0.3, 0.4) is 0 Å². The summed E-state index contributed by atoms with van der Waals surface area (Å²) >= 11 is 0. The Balaban J connectivity index is 1.94. The van der Waals surface area contributed by atoms with Gasteiger partial charge < -0.3 is 10.1 Å². The Morgan fingerprint density at radius 1 is 1.07 bits per heavy atom. The van der Waals surface area contributed by atoms with Crippen LogP contribution in [-0.2, 0) is 21.6 Å². The molecule has 0 aliphatic carbocycles. The van der Waals surface area contributed by atoms with Crippen molar-refractivity contribution in [3.05, 3.63) is 70.0 Å². The van der Waals surface area contributed by atoms with Gasteiger partial charge in [-0.15, -0.1) is 0 Å². The number of hydrogen-bond donors (Lipinski definition) is 1. The topological polar surface area (TPSA) is 55.4 Å². The van der Waals surface area contributed by atoms with Crippen molar-refractivity contribution in [2.45, 2.75) is 46.6 Å². The minimum atomic E-state index is -0.646. The summed E-state index contributed by atoms with van der Waals surface area (Å²) in [4.78, 5) is 23.9. The number of carbonyl (C=O) groups is 2. The van der Waals surface area contributed by atoms with Gasteiger partial charge in [0, 0.05) is 0 Å². The number of halogens is 1. The molecular weight excluding hydrogens is 345 g/mol. The molecule has 2 rings (SSSR count). The molecule has 5 heteroatoms. The van der Waals surface area contributed by atoms with E-state index in [1.807, 2.05) is 13.8 Å². The number of ether oxygens (including phenoxy) is 1. The first-order valence-electron chi connectivity index (χ1n) is 8.88. The maximum atomic E-state index is 13.6. The van der Waals surface area contributed by atoms with Crippen LogP contribution in [0.5, 0.6) is 0 Å². The summed E-state index contributed by atoms with van der Waals surface area (Å²) in [6, 6.07) is 9.82. The van der Waals surface area contributed by atoms with Gasteiger partial charge in [-0.1, -0.05) is 45.0 Å². The van der Waals surface area contributed by atoms with Crippen molar-refractivity contribution >= 4 is 11.9 Å². The summed E-state index contributed by atoms with van der Waals surface area (Å²) in [6.07, 6.45) is 0. The number of benzene rings is 2. The maximum Gasteiger partial charge on any atom is 0.325 e. The van der Waals surface area contributed by atoms with E-state index in [0.29, 0.717) is 0 Å². The molecule has 0 fully saturated rings. The summed E-state index contributed by atoms with van der Waals surface area (Å²) in [6.45, 7) is 10.3. The zero-order valence-corrected chi connectivity index (χ0v) is 16.5. The van der Waals surface area contributed by atoms with Crippen LogP contribution >= 0.6 is 0 Å². The number of amides is 1. The Kier molecular flexibility index (Phi) is 6.37. The molecule has 0 aliphatic rings. The molecule has 0 atom stereocenters. The second-order valence-electron chi connectivity index (χ2n) is 7.66. The Morgan fingerprint density at radius 3 is 2.22 bits per heavy atom. The van der Waals surface area contributed by atoms with E-state index < -0.39 is 17.7 Å². The van der Waals surface area contributed by atoms with Crippen LogP contribution in [0, 0.1) is 19.7 Å². The van der Waals surface area contributed by atoms with Gasteiger partial charge in [0.2, 0.25) is 0 Å². The lowest BCUT2D eigenvalue weighted by Gasteiger charge is -2.22. The van der Waals surface area contributed by atoms with Crippen molar-refractivity contribution in [1.82, 2.24) is 5.32 Å². The van der Waals surface area contributed by atoms with Crippen molar-refractivity contribution in [1.29, 1.82) is 0 Å². The van der Waals surface area contributed by atoms with Crippen molar-refractivity contribution in [3.8, 4) is 0 Å². The van der Waals surface area contributed by atoms with Crippen LogP contribution in [0.15, 0.2) is 36.4 Å². The van der Waals surface area contributed by atoms with Gasteiger partial charge in [0.15, 0.2) is 0 Å². The number of rotatable bonds is 5. The molecule has 0 aromatic heterocycles. The van der Waals surface area contributed by atoms with Crippen LogP contribution in [0.2, 0.25) is 0 Å². The highest BCUT2D eigenvalue weighted by Gasteiger charge is 2.17. The Labute approximate surface area is 159 Å². The number of hydrogen-bond acceptors (Lipinski definition) is 3. The number of nitrogens with one attached hydrogen (secondary N) is 1. The first-order valence-corrected chi connectivity index (χ1v) is 8.88. The smallest absolute Gasteiger partial charge is 0.325 e. The molecule has 2 aromatic rings. The minimum Gasteiger partial charge on any atom is -0.459 e. The first-order chi connectivity index (χ1) is 12.6. The molecule has 27 heavy (non-hydrogen) atoms. The van der Waals surface area contributed by atoms with Gasteiger partial charge in [0.1, 0.15) is 19.0 Å². The molecule has 1 amide bonds. The molecule has 1 N–H and O–H groups in total. The monoisotopic (exact) mass is 371 g/mol. The molecule has 0 saturated carbocycles. The van der Waals surface area contributed by atoms with Crippen LogP contribution in [-0.4, -0.2) is 18.4 Å². The second-order valence-corrected chi connectivity index (χ2v) is 7.66. The highest BCUT2D eigenvalue weighted by Crippen LogP contribution is 2.27. The van der Waals surface area contributed by atoms with Gasteiger partial charge in [-0.25, -0.2) is 4.39 Å². The quantitative estimate of drug-likeness (QED) is 0.801. The molecule has 0 aliphatic heterocycles. The average molecular weight is 371 g/mol. The third kappa shape index (κ3) is 5.39. The molecule has 0 heterocycles. The highest BCUT2D eigenvalue weighted by molar-refractivity contribution is 5.96. The van der Waals surface area contributed by atoms with E-state index in [2.05, 4.69) is 38.2 Å². The third-order valence-electron chi connectivity index (χ3n) is 4.45. The predicted octanol–water partition coefficient (Wildman–Crippen LogP) is 4.21. The van der Waals surface area contributed by atoms with E-state index >= 15 is 0 Å². The summed E-state index contributed by atoms with van der Waals surface area (Å²) < 4.78 is 18.8. The molecule has 0 unspecified atom stereocenters. The standard InChI is InChI=1S/C22H26FNO3/c1-14-10-16(22(3,4)5)11-15(2)18(14)13-27-20(25)12-24-21(26)17-8-6-7-9-19(17)23/h6-11H,12-13H2,1-5H3,(H,24,26). The molecular formula is C22H26FNO3. The minimum absolute atomic E-state index is 0.0434. The van der Waals surface area contributed by atoms with E-state index in [1.54, 1.807) is 6.07 Å². The number of esters is 1. The molecule has 0 spiro atoms. The summed E-state index contributed by atoms with van der Waals surface area (Å²) in [7, 11) is 0. The van der Waals surface area contributed by atoms with E-state index in [1.165, 1.54) is 23.8 Å². The maximum absolute atomic E-state index is 13.6. The van der Waals surface area contributed by atoms with Gasteiger partial charge >= 0.3 is 5.97 Å². The molecule has 144 valence electrons. The molecule has 0 radical (unpaired) electrons. The Morgan fingerprint density at radius 2 is 1.67 bits per heavy atom. The van der Waals surface area contributed by atoms with Gasteiger partial charge in [-0.3, -0.25) is 9.59 Å². The SMILES string of the molecule is Cc1cc(C(C)(C)C)cc(C)c1COC(=O)CNC(=O)c1ccccc1F. The molecule has 0 bridgehead atoms. The van der Waals surface area contributed by atoms with Gasteiger partial charge in [0.05, 0.1) is 5.56 Å². The first kappa shape index (κ1) is 20.6. The normalized spacial score (nSPS) is 11.2. The Hall–Kier alpha value is -2.69. The number of carbonyl (C=O) groups excluding carboxylic acids is 2. The number of aryl methyl sites for hydroxylation is 2. The van der Waals surface area contributed by atoms with Crippen LogP contribution in [0.25, 0.3) is 0 Å². The Bertz CT molecular complexity index is 830. The lowest BCUT2D eigenvalue weighted by atomic mass is 9.84. The van der Waals surface area contributed by atoms with Crippen molar-refractivity contribution in [2.24, 2.45) is 0 Å². The molecule has 2 aromatic carbocycles. The van der Waals surface area contributed by atoms with Gasteiger partial charge in [-0.2, -0.15) is 0 Å². The van der Waals surface area contributed by atoms with Gasteiger partial charge in [-0.05, 0) is 53.6 Å². The van der Waals surface area contributed by atoms with E-state index in [-0.39, 0.29) is 24.1 Å². The molecule has 4 nitrogen and oxygen atoms in total. The lowest BCUT2D eigenvalue weighted by Crippen LogP contribution is -2.31. The largest absolute Gasteiger partial charge is 0.459 e. The van der Waals surface area contributed by atoms with Gasteiger partial charge in [0.25, 0.3) is 5.91 Å². The van der Waals surface area contributed by atoms with Crippen molar-refractivity contribution in [3.63, 3.8) is 0 Å². The van der Waals surface area contributed by atoms with Crippen LogP contribution < -0.4 is 5.32 Å². The van der Waals surface area contributed by atoms with Crippen molar-refractivity contribution < 1.29 is 18.7 Å². The fraction of sp³-hybridized carbons (Fsp3) is 0.364. The highest BCUT2D eigenvalue weighted by atomic mass is 19.1. The predicted molar refractivity (Wildman–Crippen MR) is 103 cm³/mol. The fourth-order valence-corrected chi connectivity index (χ4v) is 2.75. The fourth-order valence-electron chi connectivity index (χ4n) is 2.75. The third-order valence-corrected chi connectivity index (χ3v) is 4.45. The zero-order valence-electron chi connectivity index (χ0n) is 16.5. The van der Waals surface area contributed by atoms with E-state index in [0.717, 1.165) is 16.7 Å². The van der Waals surface area contributed by atoms with Crippen molar-refractivity contribution in [2.75, 3.05) is 6.54 Å². The zero-order chi connectivity index (χ0) is 20.2. The second kappa shape index (κ2) is 8.33. The van der Waals surface area contributed by atoms with E-state index in [4.69, 9.17) is 4.74 Å². The van der Waals surface area contributed by atoms with E-state index in [9.17, 15) is 14.0 Å². The lowest BCUT2D eigenvalue weighted by molar-refractivity contribution is -0.143. The summed E-state index contributed by atoms with van der Waals surface area (Å²) in [5, 5.41) is 2.38.